The van der Waals surface area contributed by atoms with Crippen LogP contribution in [-0.2, 0) is 57.8 Å². The van der Waals surface area contributed by atoms with Crippen molar-refractivity contribution in [3.05, 3.63) is 138 Å². The number of halogens is 11. The van der Waals surface area contributed by atoms with Gasteiger partial charge in [0.1, 0.15) is 32.5 Å². The Kier molecular flexibility index (Phi) is 46.6. The zero-order valence-electron chi connectivity index (χ0n) is 69.5. The van der Waals surface area contributed by atoms with Crippen molar-refractivity contribution in [3.8, 4) is 31.7 Å². The molecule has 2 N–H and O–H groups in total. The lowest BCUT2D eigenvalue weighted by atomic mass is 10.1. The molecule has 0 unspecified atom stereocenters. The molecule has 36 heteroatoms. The van der Waals surface area contributed by atoms with Crippen molar-refractivity contribution < 1.29 is 59.8 Å². The van der Waals surface area contributed by atoms with E-state index in [-0.39, 0.29) is 53.6 Å². The highest BCUT2D eigenvalue weighted by molar-refractivity contribution is 7.16. The molecule has 3 aromatic carbocycles. The van der Waals surface area contributed by atoms with Crippen LogP contribution >= 0.6 is 103 Å². The van der Waals surface area contributed by atoms with Gasteiger partial charge in [-0.25, -0.2) is 29.5 Å². The first-order chi connectivity index (χ1) is 54.3. The number of nitrogens with zero attached hydrogens (tertiary/aromatic N) is 13. The van der Waals surface area contributed by atoms with Crippen LogP contribution in [0.25, 0.3) is 31.7 Å². The van der Waals surface area contributed by atoms with Crippen LogP contribution in [0.2, 0.25) is 4.47 Å². The van der Waals surface area contributed by atoms with Gasteiger partial charge in [0.25, 0.3) is 0 Å². The number of hydrogen-bond donors (Lipinski definition) is 1. The van der Waals surface area contributed by atoms with Crippen molar-refractivity contribution >= 4 is 134 Å². The van der Waals surface area contributed by atoms with E-state index < -0.39 is 30.1 Å². The van der Waals surface area contributed by atoms with E-state index in [2.05, 4.69) is 149 Å². The first-order valence-electron chi connectivity index (χ1n) is 37.5. The Morgan fingerprint density at radius 1 is 0.466 bits per heavy atom. The molecule has 0 spiro atoms. The van der Waals surface area contributed by atoms with E-state index in [0.717, 1.165) is 95.7 Å². The summed E-state index contributed by atoms with van der Waals surface area (Å²) in [4.78, 5) is 92.7. The summed E-state index contributed by atoms with van der Waals surface area (Å²) < 4.78 is 77.8. The van der Waals surface area contributed by atoms with Gasteiger partial charge in [0.15, 0.2) is 4.47 Å². The van der Waals surface area contributed by atoms with Crippen molar-refractivity contribution in [1.29, 1.82) is 0 Å². The molecule has 0 radical (unpaired) electrons. The number of alkyl halides is 10. The summed E-state index contributed by atoms with van der Waals surface area (Å²) in [7, 11) is 16.3. The largest absolute Gasteiger partial charge is 0.471 e. The zero-order chi connectivity index (χ0) is 87.4. The summed E-state index contributed by atoms with van der Waals surface area (Å²) in [5.74, 6) is -1.73. The lowest BCUT2D eigenvalue weighted by Crippen LogP contribution is -2.61. The second-order valence-electron chi connectivity index (χ2n) is 30.0. The Morgan fingerprint density at radius 2 is 0.741 bits per heavy atom. The molecule has 0 bridgehead atoms. The highest BCUT2D eigenvalue weighted by atomic mass is 35.5. The highest BCUT2D eigenvalue weighted by Gasteiger charge is 2.47. The first-order valence-corrected chi connectivity index (χ1v) is 43.3. The Labute approximate surface area is 722 Å². The summed E-state index contributed by atoms with van der Waals surface area (Å²) in [6, 6.07) is 27.4. The number of likely N-dealkylation sites (tertiary alicyclic amines) is 5. The van der Waals surface area contributed by atoms with Gasteiger partial charge in [-0.15, -0.1) is 91.8 Å². The van der Waals surface area contributed by atoms with Gasteiger partial charge >= 0.3 is 30.4 Å². The van der Waals surface area contributed by atoms with E-state index in [1.54, 1.807) is 74.1 Å². The number of carbonyl (C=O) groups is 5. The molecule has 648 valence electrons. The van der Waals surface area contributed by atoms with Gasteiger partial charge in [0.2, 0.25) is 6.29 Å². The number of ether oxygens (including phenoxy) is 2. The monoisotopic (exact) mass is 1800 g/mol. The summed E-state index contributed by atoms with van der Waals surface area (Å²) in [6.07, 6.45) is 1.86. The van der Waals surface area contributed by atoms with Gasteiger partial charge in [-0.2, -0.15) is 26.3 Å². The van der Waals surface area contributed by atoms with E-state index in [4.69, 9.17) is 78.0 Å². The number of likely N-dealkylation sites (N-methyl/N-ethyl adjacent to an activating group) is 4. The standard InChI is InChI=1S/2C17H23N3S.C12H11NOS.C10H20N2O2.C8H16N2O2.C7H11F3N2O.C5H6ClNS.C2HF3O.2CH2Cl2/c2*1-4-16-9-18-17(21-16)14-7-5-13(6-8-14)10-20-11-15(12-20)19(2)3;1-2-11-7-13-12(15-11)10-5-3-9(8-14)4-6-10;1-10(2,3)14-9(13)12-6-8(7-12)11(4)5;1-8(2,3)12-7(11)10-4-6(9)5-10;1-11(2)5-3-12(4-5)6(13)7(8,9)10;1-2-4-3-7-5(6)8-4;3-2(4,5)1-6;2*2-1-3/h2*5-9,15H,4,10-12H2,1-3H3;3-8H,2H2,1H3;8H,6-7H2,1-5H3;6H,4-5,9H2,1-3H3;5H,3-4H2,1-2H3;3H,2H2,1H3;1H;2*1H2. The van der Waals surface area contributed by atoms with E-state index in [1.165, 1.54) is 67.9 Å². The minimum absolute atomic E-state index is 0.0614. The van der Waals surface area contributed by atoms with Gasteiger partial charge in [-0.05, 0) is 135 Å². The molecule has 12 rings (SSSR count). The van der Waals surface area contributed by atoms with Gasteiger partial charge in [-0.3, -0.25) is 24.2 Å². The fourth-order valence-electron chi connectivity index (χ4n) is 10.4. The molecular formula is C80H115Cl5F6N14O7S4. The van der Waals surface area contributed by atoms with Crippen LogP contribution in [0.3, 0.4) is 0 Å². The molecule has 4 aromatic heterocycles. The lowest BCUT2D eigenvalue weighted by molar-refractivity contribution is -0.191. The third kappa shape index (κ3) is 39.7. The van der Waals surface area contributed by atoms with Gasteiger partial charge < -0.3 is 49.5 Å². The van der Waals surface area contributed by atoms with Crippen molar-refractivity contribution in [3.63, 3.8) is 0 Å². The predicted octanol–water partition coefficient (Wildman–Crippen LogP) is 17.4. The number of aldehydes is 2. The maximum atomic E-state index is 11.8. The number of nitrogens with two attached hydrogens (primary N) is 1. The molecule has 0 saturated carbocycles. The van der Waals surface area contributed by atoms with E-state index in [1.807, 2.05) is 105 Å². The van der Waals surface area contributed by atoms with E-state index >= 15 is 0 Å². The fourth-order valence-corrected chi connectivity index (χ4v) is 13.8. The Balaban J connectivity index is 0.000000347. The number of thiazole rings is 4. The van der Waals surface area contributed by atoms with E-state index in [9.17, 15) is 45.5 Å². The average Bonchev–Trinajstić information content (AvgIpc) is 1.11. The lowest BCUT2D eigenvalue weighted by Gasteiger charge is -2.42. The number of rotatable bonds is 16. The Bertz CT molecular complexity index is 3840. The second kappa shape index (κ2) is 51.8. The van der Waals surface area contributed by atoms with Crippen LogP contribution in [0.1, 0.15) is 110 Å². The summed E-state index contributed by atoms with van der Waals surface area (Å²) in [5, 5.41) is 3.68. The number of aryl methyl sites for hydroxylation is 4. The topological polar surface area (TPSA) is 211 Å². The normalized spacial score (nSPS) is 15.1. The molecule has 3 amide bonds. The molecule has 5 aliphatic heterocycles. The van der Waals surface area contributed by atoms with Crippen molar-refractivity contribution in [2.24, 2.45) is 5.73 Å². The minimum Gasteiger partial charge on any atom is -0.444 e. The summed E-state index contributed by atoms with van der Waals surface area (Å²) in [6.45, 7) is 29.7. The third-order valence-electron chi connectivity index (χ3n) is 17.5. The third-order valence-corrected chi connectivity index (χ3v) is 22.3. The molecule has 0 aliphatic carbocycles. The van der Waals surface area contributed by atoms with Gasteiger partial charge in [0, 0.05) is 175 Å². The van der Waals surface area contributed by atoms with Crippen molar-refractivity contribution in [1.82, 2.24) is 64.0 Å². The molecular weight excluding hydrogens is 1690 g/mol. The number of aromatic nitrogens is 4. The number of carbonyl (C=O) groups excluding carboxylic acids is 5. The molecule has 9 heterocycles. The zero-order valence-corrected chi connectivity index (χ0v) is 76.6. The van der Waals surface area contributed by atoms with Crippen LogP contribution in [0.5, 0.6) is 0 Å². The first kappa shape index (κ1) is 104. The summed E-state index contributed by atoms with van der Waals surface area (Å²) in [5.41, 5.74) is 11.8. The molecule has 116 heavy (non-hydrogen) atoms. The SMILES string of the molecule is CC(C)(C)OC(=O)N1CC(N)C1.CCc1cnc(-c2ccc(C=O)cc2)s1.CCc1cnc(-c2ccc(CN3CC(N(C)C)C3)cc2)s1.CCc1cnc(-c2ccc(CN3CC(N(C)C)C3)cc2)s1.CCc1cnc(Cl)s1.CN(C)C1CN(C(=O)C(F)(F)F)C1.CN(C)C1CN(C(=O)OC(C)(C)C)C1.ClCCl.ClCCl.O=CC(F)(F)F. The molecule has 5 aliphatic rings. The predicted molar refractivity (Wildman–Crippen MR) is 465 cm³/mol. The van der Waals surface area contributed by atoms with Gasteiger partial charge in [0.05, 0.1) is 10.7 Å². The second-order valence-corrected chi connectivity index (χ2v) is 36.6. The molecule has 5 fully saturated rings. The average molecular weight is 1800 g/mol. The molecule has 21 nitrogen and oxygen atoms in total. The quantitative estimate of drug-likeness (QED) is 0.0541. The van der Waals surface area contributed by atoms with Gasteiger partial charge in [-0.1, -0.05) is 112 Å². The van der Waals surface area contributed by atoms with Crippen molar-refractivity contribution in [2.45, 2.75) is 162 Å². The van der Waals surface area contributed by atoms with E-state index in [0.29, 0.717) is 29.2 Å². The van der Waals surface area contributed by atoms with Crippen LogP contribution < -0.4 is 5.73 Å². The van der Waals surface area contributed by atoms with Crippen LogP contribution in [0, 0.1) is 0 Å². The molecule has 0 atom stereocenters. The maximum Gasteiger partial charge on any atom is 0.471 e. The van der Waals surface area contributed by atoms with Crippen LogP contribution in [-0.4, -0.2) is 281 Å². The smallest absolute Gasteiger partial charge is 0.444 e. The number of hydrogen-bond acceptors (Lipinski definition) is 22. The maximum absolute atomic E-state index is 11.8. The van der Waals surface area contributed by atoms with Crippen LogP contribution in [0.15, 0.2) is 97.6 Å². The Morgan fingerprint density at radius 3 is 0.974 bits per heavy atom. The molecule has 5 saturated heterocycles. The fraction of sp³-hybridized carbons (Fsp3) is 0.562. The molecule has 7 aromatic rings. The van der Waals surface area contributed by atoms with Crippen molar-refractivity contribution in [2.75, 3.05) is 133 Å². The summed E-state index contributed by atoms with van der Waals surface area (Å²) >= 11 is 31.4. The van der Waals surface area contributed by atoms with Crippen LogP contribution in [0.4, 0.5) is 35.9 Å². The number of benzene rings is 3. The Hall–Kier alpha value is -5.72. The number of amides is 3. The highest BCUT2D eigenvalue weighted by Crippen LogP contribution is 2.31. The minimum atomic E-state index is -4.72.